The second-order valence-corrected chi connectivity index (χ2v) is 5.65. The van der Waals surface area contributed by atoms with E-state index in [0.717, 1.165) is 19.3 Å². The van der Waals surface area contributed by atoms with Crippen LogP contribution in [0, 0.1) is 12.3 Å². The van der Waals surface area contributed by atoms with Crippen LogP contribution in [0.15, 0.2) is 0 Å². The van der Waals surface area contributed by atoms with Gasteiger partial charge in [0.05, 0.1) is 6.10 Å². The van der Waals surface area contributed by atoms with Gasteiger partial charge in [-0.2, -0.15) is 0 Å². The van der Waals surface area contributed by atoms with Gasteiger partial charge in [-0.25, -0.2) is 0 Å². The van der Waals surface area contributed by atoms with Crippen molar-refractivity contribution in [2.24, 2.45) is 5.92 Å². The molecule has 0 aromatic rings. The third-order valence-electron chi connectivity index (χ3n) is 3.78. The molecule has 0 heterocycles. The van der Waals surface area contributed by atoms with Gasteiger partial charge in [0.2, 0.25) is 0 Å². The van der Waals surface area contributed by atoms with Crippen molar-refractivity contribution in [3.05, 3.63) is 6.42 Å². The Balaban J connectivity index is 3.84. The first-order valence-electron chi connectivity index (χ1n) is 8.13. The maximum Gasteiger partial charge on any atom is 0.135 e. The van der Waals surface area contributed by atoms with Crippen molar-refractivity contribution in [1.29, 1.82) is 0 Å². The molecule has 2 unspecified atom stereocenters. The van der Waals surface area contributed by atoms with Crippen LogP contribution < -0.4 is 0 Å². The summed E-state index contributed by atoms with van der Waals surface area (Å²) in [5, 5.41) is 10.1. The van der Waals surface area contributed by atoms with Crippen molar-refractivity contribution in [3.8, 4) is 0 Å². The van der Waals surface area contributed by atoms with E-state index in [1.165, 1.54) is 38.5 Å². The van der Waals surface area contributed by atoms with E-state index in [4.69, 9.17) is 0 Å². The minimum absolute atomic E-state index is 0.144. The Bertz CT molecular complexity index is 213. The van der Waals surface area contributed by atoms with Crippen LogP contribution in [-0.4, -0.2) is 17.0 Å². The normalized spacial score (nSPS) is 14.3. The summed E-state index contributed by atoms with van der Waals surface area (Å²) in [6, 6.07) is 0. The highest BCUT2D eigenvalue weighted by Crippen LogP contribution is 2.20. The molecule has 0 saturated heterocycles. The van der Waals surface area contributed by atoms with E-state index >= 15 is 0 Å². The molecule has 1 radical (unpaired) electrons. The number of ketones is 1. The largest absolute Gasteiger partial charge is 0.392 e. The Labute approximate surface area is 120 Å². The monoisotopic (exact) mass is 269 g/mol. The Hall–Kier alpha value is -0.370. The highest BCUT2D eigenvalue weighted by Gasteiger charge is 2.22. The number of aliphatic hydroxyl groups is 1. The number of rotatable bonds is 13. The van der Waals surface area contributed by atoms with Gasteiger partial charge < -0.3 is 5.11 Å². The molecule has 0 saturated carbocycles. The predicted molar refractivity (Wildman–Crippen MR) is 82.0 cm³/mol. The minimum Gasteiger partial charge on any atom is -0.392 e. The number of carbonyl (C=O) groups excluding carboxylic acids is 1. The fraction of sp³-hybridized carbons (Fsp3) is 0.882. The molecule has 0 aliphatic heterocycles. The van der Waals surface area contributed by atoms with Crippen molar-refractivity contribution in [2.45, 2.75) is 91.1 Å². The van der Waals surface area contributed by atoms with E-state index in [1.807, 2.05) is 0 Å². The summed E-state index contributed by atoms with van der Waals surface area (Å²) in [5.74, 6) is -0.00904. The molecule has 0 amide bonds. The lowest BCUT2D eigenvalue weighted by atomic mass is 9.89. The van der Waals surface area contributed by atoms with Gasteiger partial charge >= 0.3 is 0 Å². The minimum atomic E-state index is -0.472. The van der Waals surface area contributed by atoms with Crippen LogP contribution in [0.4, 0.5) is 0 Å². The number of carbonyl (C=O) groups is 1. The molecule has 0 aliphatic carbocycles. The highest BCUT2D eigenvalue weighted by atomic mass is 16.3. The maximum atomic E-state index is 11.6. The second kappa shape index (κ2) is 12.7. The molecule has 19 heavy (non-hydrogen) atoms. The van der Waals surface area contributed by atoms with Crippen LogP contribution in [-0.2, 0) is 4.79 Å². The molecule has 0 aliphatic rings. The van der Waals surface area contributed by atoms with Crippen LogP contribution in [0.25, 0.3) is 0 Å². The Morgan fingerprint density at radius 2 is 1.68 bits per heavy atom. The van der Waals surface area contributed by atoms with Crippen LogP contribution >= 0.6 is 0 Å². The zero-order valence-corrected chi connectivity index (χ0v) is 13.2. The van der Waals surface area contributed by atoms with Gasteiger partial charge in [0.25, 0.3) is 0 Å². The van der Waals surface area contributed by atoms with Crippen molar-refractivity contribution in [1.82, 2.24) is 0 Å². The lowest BCUT2D eigenvalue weighted by Gasteiger charge is -2.20. The first-order valence-corrected chi connectivity index (χ1v) is 8.13. The van der Waals surface area contributed by atoms with E-state index in [2.05, 4.69) is 20.3 Å². The molecule has 2 nitrogen and oxygen atoms in total. The molecule has 0 spiro atoms. The topological polar surface area (TPSA) is 37.3 Å². The lowest BCUT2D eigenvalue weighted by Crippen LogP contribution is -2.26. The summed E-state index contributed by atoms with van der Waals surface area (Å²) < 4.78 is 0. The van der Waals surface area contributed by atoms with Gasteiger partial charge in [-0.15, -0.1) is 0 Å². The van der Waals surface area contributed by atoms with Gasteiger partial charge in [-0.1, -0.05) is 65.2 Å². The Kier molecular flexibility index (Phi) is 12.4. The van der Waals surface area contributed by atoms with Crippen molar-refractivity contribution >= 4 is 5.78 Å². The number of Topliss-reactive ketones (excluding diaryl/α,β-unsaturated/α-hetero) is 1. The summed E-state index contributed by atoms with van der Waals surface area (Å²) in [6.45, 7) is 5.99. The summed E-state index contributed by atoms with van der Waals surface area (Å²) in [5.41, 5.74) is 0. The van der Waals surface area contributed by atoms with E-state index in [1.54, 1.807) is 6.92 Å². The van der Waals surface area contributed by atoms with Crippen molar-refractivity contribution < 1.29 is 9.90 Å². The second-order valence-electron chi connectivity index (χ2n) is 5.65. The molecule has 113 valence electrons. The van der Waals surface area contributed by atoms with Crippen molar-refractivity contribution in [2.75, 3.05) is 0 Å². The Morgan fingerprint density at radius 1 is 1.05 bits per heavy atom. The van der Waals surface area contributed by atoms with Crippen LogP contribution in [0.2, 0.25) is 0 Å². The molecule has 2 heteroatoms. The van der Waals surface area contributed by atoms with Gasteiger partial charge in [0, 0.05) is 5.92 Å². The zero-order chi connectivity index (χ0) is 14.5. The summed E-state index contributed by atoms with van der Waals surface area (Å²) in [7, 11) is 0. The molecule has 2 atom stereocenters. The fourth-order valence-electron chi connectivity index (χ4n) is 2.45. The average Bonchev–Trinajstić information content (AvgIpc) is 2.37. The molecule has 0 aromatic heterocycles. The van der Waals surface area contributed by atoms with Crippen LogP contribution in [0.5, 0.6) is 0 Å². The maximum absolute atomic E-state index is 11.6. The average molecular weight is 269 g/mol. The zero-order valence-electron chi connectivity index (χ0n) is 13.2. The third kappa shape index (κ3) is 10.1. The smallest absolute Gasteiger partial charge is 0.135 e. The Morgan fingerprint density at radius 3 is 2.26 bits per heavy atom. The first-order chi connectivity index (χ1) is 9.13. The SMILES string of the molecule is CCCCC[CH]CC(O)C(CCCCCC)C(C)=O. The van der Waals surface area contributed by atoms with E-state index in [9.17, 15) is 9.90 Å². The van der Waals surface area contributed by atoms with E-state index in [-0.39, 0.29) is 11.7 Å². The van der Waals surface area contributed by atoms with Crippen LogP contribution in [0.3, 0.4) is 0 Å². The summed E-state index contributed by atoms with van der Waals surface area (Å²) in [6.07, 6.45) is 12.6. The van der Waals surface area contributed by atoms with E-state index < -0.39 is 6.10 Å². The van der Waals surface area contributed by atoms with Gasteiger partial charge in [0.1, 0.15) is 5.78 Å². The lowest BCUT2D eigenvalue weighted by molar-refractivity contribution is -0.124. The number of hydrogen-bond donors (Lipinski definition) is 1. The van der Waals surface area contributed by atoms with Gasteiger partial charge in [0.15, 0.2) is 0 Å². The van der Waals surface area contributed by atoms with Crippen molar-refractivity contribution in [3.63, 3.8) is 0 Å². The highest BCUT2D eigenvalue weighted by molar-refractivity contribution is 5.78. The van der Waals surface area contributed by atoms with Crippen LogP contribution in [0.1, 0.15) is 85.0 Å². The molecule has 0 fully saturated rings. The van der Waals surface area contributed by atoms with E-state index in [0.29, 0.717) is 6.42 Å². The summed E-state index contributed by atoms with van der Waals surface area (Å²) >= 11 is 0. The number of unbranched alkanes of at least 4 members (excludes halogenated alkanes) is 7. The standard InChI is InChI=1S/C17H33O2/c1-4-6-8-10-12-14-17(19)16(15(3)18)13-11-9-7-5-2/h12,16-17,19H,4-11,13-14H2,1-3H3. The molecule has 0 rings (SSSR count). The summed E-state index contributed by atoms with van der Waals surface area (Å²) in [4.78, 5) is 11.6. The molecule has 1 N–H and O–H groups in total. The number of aliphatic hydroxyl groups excluding tert-OH is 1. The number of hydrogen-bond acceptors (Lipinski definition) is 2. The third-order valence-corrected chi connectivity index (χ3v) is 3.78. The quantitative estimate of drug-likeness (QED) is 0.492. The van der Waals surface area contributed by atoms with Gasteiger partial charge in [-0.05, 0) is 26.2 Å². The van der Waals surface area contributed by atoms with Gasteiger partial charge in [-0.3, -0.25) is 4.79 Å². The molecule has 0 bridgehead atoms. The first kappa shape index (κ1) is 18.6. The molecule has 0 aromatic carbocycles. The molecular weight excluding hydrogens is 236 g/mol. The predicted octanol–water partition coefficient (Wildman–Crippen LogP) is 4.70. The molecular formula is C17H33O2. The fourth-order valence-corrected chi connectivity index (χ4v) is 2.45.